The number of aliphatic hydroxyl groups excluding tert-OH is 1. The first kappa shape index (κ1) is 17.5. The molecule has 3 aromatic rings. The molecule has 0 bridgehead atoms. The van der Waals surface area contributed by atoms with Gasteiger partial charge in [-0.3, -0.25) is 9.97 Å². The van der Waals surface area contributed by atoms with Crippen molar-refractivity contribution in [3.8, 4) is 5.75 Å². The molecule has 1 aromatic carbocycles. The molecule has 0 aliphatic carbocycles. The third-order valence-electron chi connectivity index (χ3n) is 3.41. The highest BCUT2D eigenvalue weighted by molar-refractivity contribution is 9.10. The van der Waals surface area contributed by atoms with Crippen LogP contribution in [0.15, 0.2) is 47.2 Å². The van der Waals surface area contributed by atoms with Gasteiger partial charge in [-0.1, -0.05) is 0 Å². The van der Waals surface area contributed by atoms with Gasteiger partial charge in [-0.2, -0.15) is 0 Å². The summed E-state index contributed by atoms with van der Waals surface area (Å²) >= 11 is 3.34. The lowest BCUT2D eigenvalue weighted by atomic mass is 10.2. The molecule has 130 valence electrons. The van der Waals surface area contributed by atoms with Crippen LogP contribution in [0.25, 0.3) is 11.0 Å². The van der Waals surface area contributed by atoms with E-state index in [-0.39, 0.29) is 18.9 Å². The number of pyridine rings is 2. The Morgan fingerprint density at radius 1 is 1.16 bits per heavy atom. The summed E-state index contributed by atoms with van der Waals surface area (Å²) in [5.74, 6) is -1.79. The molecule has 0 fully saturated rings. The predicted molar refractivity (Wildman–Crippen MR) is 93.6 cm³/mol. The lowest BCUT2D eigenvalue weighted by molar-refractivity contribution is 0.117. The zero-order valence-electron chi connectivity index (χ0n) is 12.9. The number of ether oxygens (including phenoxy) is 1. The summed E-state index contributed by atoms with van der Waals surface area (Å²) in [7, 11) is 0. The van der Waals surface area contributed by atoms with E-state index in [0.29, 0.717) is 11.0 Å². The molecule has 0 aliphatic heterocycles. The van der Waals surface area contributed by atoms with E-state index in [0.717, 1.165) is 22.3 Å². The highest BCUT2D eigenvalue weighted by Crippen LogP contribution is 2.22. The molecule has 0 radical (unpaired) electrons. The van der Waals surface area contributed by atoms with E-state index in [1.165, 1.54) is 6.07 Å². The van der Waals surface area contributed by atoms with Gasteiger partial charge < -0.3 is 15.2 Å². The SMILES string of the molecule is OC(CNc1ccnc2cc(Br)cnc12)COc1ccc(F)c(F)c1. The summed E-state index contributed by atoms with van der Waals surface area (Å²) < 4.78 is 32.0. The minimum Gasteiger partial charge on any atom is -0.491 e. The summed E-state index contributed by atoms with van der Waals surface area (Å²) in [6.45, 7) is 0.126. The van der Waals surface area contributed by atoms with Crippen LogP contribution in [0, 0.1) is 11.6 Å². The third kappa shape index (κ3) is 4.40. The molecule has 5 nitrogen and oxygen atoms in total. The van der Waals surface area contributed by atoms with Crippen molar-refractivity contribution in [3.05, 3.63) is 58.8 Å². The first-order valence-electron chi connectivity index (χ1n) is 7.43. The number of anilines is 1. The van der Waals surface area contributed by atoms with Gasteiger partial charge in [0.15, 0.2) is 11.6 Å². The number of hydrogen-bond donors (Lipinski definition) is 2. The highest BCUT2D eigenvalue weighted by Gasteiger charge is 2.10. The lowest BCUT2D eigenvalue weighted by Gasteiger charge is -2.15. The first-order chi connectivity index (χ1) is 12.0. The number of fused-ring (bicyclic) bond motifs is 1. The second kappa shape index (κ2) is 7.71. The van der Waals surface area contributed by atoms with Crippen LogP contribution in [0.5, 0.6) is 5.75 Å². The third-order valence-corrected chi connectivity index (χ3v) is 3.84. The maximum atomic E-state index is 13.1. The summed E-state index contributed by atoms with van der Waals surface area (Å²) in [5, 5.41) is 13.1. The number of hydrogen-bond acceptors (Lipinski definition) is 5. The van der Waals surface area contributed by atoms with Crippen molar-refractivity contribution in [2.75, 3.05) is 18.5 Å². The van der Waals surface area contributed by atoms with E-state index in [9.17, 15) is 13.9 Å². The van der Waals surface area contributed by atoms with Gasteiger partial charge in [0.25, 0.3) is 0 Å². The smallest absolute Gasteiger partial charge is 0.162 e. The summed E-state index contributed by atoms with van der Waals surface area (Å²) in [6, 6.07) is 6.81. The van der Waals surface area contributed by atoms with Crippen LogP contribution in [0.3, 0.4) is 0 Å². The number of rotatable bonds is 6. The van der Waals surface area contributed by atoms with Crippen molar-refractivity contribution in [1.82, 2.24) is 9.97 Å². The second-order valence-corrected chi connectivity index (χ2v) is 6.22. The maximum absolute atomic E-state index is 13.1. The molecule has 0 amide bonds. The molecule has 0 spiro atoms. The van der Waals surface area contributed by atoms with Crippen molar-refractivity contribution in [2.24, 2.45) is 0 Å². The van der Waals surface area contributed by atoms with Gasteiger partial charge in [-0.15, -0.1) is 0 Å². The zero-order chi connectivity index (χ0) is 17.8. The van der Waals surface area contributed by atoms with Crippen molar-refractivity contribution in [1.29, 1.82) is 0 Å². The number of nitrogens with zero attached hydrogens (tertiary/aromatic N) is 2. The molecule has 1 atom stereocenters. The highest BCUT2D eigenvalue weighted by atomic mass is 79.9. The van der Waals surface area contributed by atoms with Crippen LogP contribution >= 0.6 is 15.9 Å². The molecule has 0 aliphatic rings. The zero-order valence-corrected chi connectivity index (χ0v) is 14.5. The van der Waals surface area contributed by atoms with E-state index in [4.69, 9.17) is 4.74 Å². The number of halogens is 3. The fourth-order valence-electron chi connectivity index (χ4n) is 2.19. The van der Waals surface area contributed by atoms with Crippen molar-refractivity contribution < 1.29 is 18.6 Å². The van der Waals surface area contributed by atoms with E-state index in [2.05, 4.69) is 31.2 Å². The Morgan fingerprint density at radius 2 is 2.00 bits per heavy atom. The quantitative estimate of drug-likeness (QED) is 0.651. The molecule has 8 heteroatoms. The van der Waals surface area contributed by atoms with Crippen molar-refractivity contribution >= 4 is 32.7 Å². The van der Waals surface area contributed by atoms with Gasteiger partial charge >= 0.3 is 0 Å². The minimum absolute atomic E-state index is 0.0694. The van der Waals surface area contributed by atoms with E-state index < -0.39 is 17.7 Å². The molecule has 2 heterocycles. The van der Waals surface area contributed by atoms with Crippen LogP contribution in [0.1, 0.15) is 0 Å². The van der Waals surface area contributed by atoms with Crippen LogP contribution < -0.4 is 10.1 Å². The van der Waals surface area contributed by atoms with Gasteiger partial charge in [0.05, 0.1) is 11.2 Å². The fraction of sp³-hybridized carbons (Fsp3) is 0.176. The average Bonchev–Trinajstić information content (AvgIpc) is 2.60. The molecule has 0 saturated carbocycles. The largest absolute Gasteiger partial charge is 0.491 e. The average molecular weight is 410 g/mol. The Morgan fingerprint density at radius 3 is 2.80 bits per heavy atom. The van der Waals surface area contributed by atoms with Crippen molar-refractivity contribution in [3.63, 3.8) is 0 Å². The molecular formula is C17H14BrF2N3O2. The maximum Gasteiger partial charge on any atom is 0.162 e. The molecule has 2 aromatic heterocycles. The summed E-state index contributed by atoms with van der Waals surface area (Å²) in [4.78, 5) is 8.54. The molecule has 0 saturated heterocycles. The minimum atomic E-state index is -0.995. The number of benzene rings is 1. The Bertz CT molecular complexity index is 895. The van der Waals surface area contributed by atoms with E-state index >= 15 is 0 Å². The first-order valence-corrected chi connectivity index (χ1v) is 8.22. The number of aliphatic hydroxyl groups is 1. The normalized spacial score (nSPS) is 12.2. The van der Waals surface area contributed by atoms with Crippen molar-refractivity contribution in [2.45, 2.75) is 6.10 Å². The van der Waals surface area contributed by atoms with E-state index in [1.54, 1.807) is 18.5 Å². The lowest BCUT2D eigenvalue weighted by Crippen LogP contribution is -2.26. The van der Waals surface area contributed by atoms with Gasteiger partial charge in [0.1, 0.15) is 24.0 Å². The number of aromatic nitrogens is 2. The van der Waals surface area contributed by atoms with Crippen LogP contribution in [0.2, 0.25) is 0 Å². The Labute approximate surface area is 150 Å². The molecule has 2 N–H and O–H groups in total. The van der Waals surface area contributed by atoms with Gasteiger partial charge in [0.2, 0.25) is 0 Å². The number of nitrogens with one attached hydrogen (secondary N) is 1. The Kier molecular flexibility index (Phi) is 5.40. The van der Waals surface area contributed by atoms with Gasteiger partial charge in [0, 0.05) is 29.5 Å². The van der Waals surface area contributed by atoms with Crippen LogP contribution in [-0.4, -0.2) is 34.3 Å². The molecule has 25 heavy (non-hydrogen) atoms. The molecular weight excluding hydrogens is 396 g/mol. The van der Waals surface area contributed by atoms with Crippen LogP contribution in [-0.2, 0) is 0 Å². The second-order valence-electron chi connectivity index (χ2n) is 5.30. The summed E-state index contributed by atoms with van der Waals surface area (Å²) in [5.41, 5.74) is 2.12. The summed E-state index contributed by atoms with van der Waals surface area (Å²) in [6.07, 6.45) is 2.45. The predicted octanol–water partition coefficient (Wildman–Crippen LogP) is 3.52. The fourth-order valence-corrected chi connectivity index (χ4v) is 2.51. The molecule has 1 unspecified atom stereocenters. The monoisotopic (exact) mass is 409 g/mol. The topological polar surface area (TPSA) is 67.3 Å². The standard InChI is InChI=1S/C17H14BrF2N3O2/c18-10-5-16-17(23-7-10)15(3-4-21-16)22-8-11(24)9-25-12-1-2-13(19)14(20)6-12/h1-7,11,24H,8-9H2,(H,21,22). The van der Waals surface area contributed by atoms with E-state index in [1.807, 2.05) is 6.07 Å². The van der Waals surface area contributed by atoms with Crippen LogP contribution in [0.4, 0.5) is 14.5 Å². The van der Waals surface area contributed by atoms with Gasteiger partial charge in [-0.25, -0.2) is 8.78 Å². The molecule has 3 rings (SSSR count). The Balaban J connectivity index is 1.59. The van der Waals surface area contributed by atoms with Gasteiger partial charge in [-0.05, 0) is 40.2 Å². The Hall–Kier alpha value is -2.32.